The first kappa shape index (κ1) is 14.4. The number of carbonyl (C=O) groups is 1. The van der Waals surface area contributed by atoms with E-state index in [1.807, 2.05) is 24.3 Å². The van der Waals surface area contributed by atoms with Crippen molar-refractivity contribution >= 4 is 18.5 Å². The van der Waals surface area contributed by atoms with Crippen LogP contribution in [-0.2, 0) is 0 Å². The first-order valence-corrected chi connectivity index (χ1v) is 7.36. The van der Waals surface area contributed by atoms with Crippen LogP contribution in [0.2, 0.25) is 0 Å². The van der Waals surface area contributed by atoms with Crippen molar-refractivity contribution in [2.45, 2.75) is 24.2 Å². The molecular weight excluding hydrogens is 256 g/mol. The van der Waals surface area contributed by atoms with Crippen LogP contribution in [0.3, 0.4) is 0 Å². The van der Waals surface area contributed by atoms with Crippen LogP contribution >= 0.6 is 12.6 Å². The zero-order chi connectivity index (χ0) is 13.7. The lowest BCUT2D eigenvalue weighted by atomic mass is 9.94. The second-order valence-electron chi connectivity index (χ2n) is 5.31. The molecule has 19 heavy (non-hydrogen) atoms. The maximum Gasteiger partial charge on any atom is 0.252 e. The number of hydrogen-bond acceptors (Lipinski definition) is 3. The zero-order valence-corrected chi connectivity index (χ0v) is 12.3. The van der Waals surface area contributed by atoms with Crippen LogP contribution in [0, 0.1) is 5.92 Å². The van der Waals surface area contributed by atoms with Gasteiger partial charge in [0.1, 0.15) is 0 Å². The SMILES string of the molecule is CN1CCC(CCNC(=O)c2ccccc2S)CC1. The number of benzene rings is 1. The molecule has 0 radical (unpaired) electrons. The van der Waals surface area contributed by atoms with Gasteiger partial charge in [0, 0.05) is 11.4 Å². The van der Waals surface area contributed by atoms with Gasteiger partial charge in [-0.15, -0.1) is 12.6 Å². The van der Waals surface area contributed by atoms with Gasteiger partial charge in [-0.2, -0.15) is 0 Å². The van der Waals surface area contributed by atoms with Crippen LogP contribution in [0.15, 0.2) is 29.2 Å². The van der Waals surface area contributed by atoms with E-state index in [1.54, 1.807) is 0 Å². The molecule has 1 heterocycles. The van der Waals surface area contributed by atoms with Gasteiger partial charge in [0.2, 0.25) is 0 Å². The number of nitrogens with zero attached hydrogens (tertiary/aromatic N) is 1. The predicted molar refractivity (Wildman–Crippen MR) is 80.9 cm³/mol. The lowest BCUT2D eigenvalue weighted by Crippen LogP contribution is -2.32. The normalized spacial score (nSPS) is 17.4. The van der Waals surface area contributed by atoms with E-state index in [1.165, 1.54) is 25.9 Å². The Kier molecular flexibility index (Phi) is 5.28. The van der Waals surface area contributed by atoms with Crippen molar-refractivity contribution in [3.63, 3.8) is 0 Å². The van der Waals surface area contributed by atoms with E-state index in [4.69, 9.17) is 0 Å². The molecule has 0 bridgehead atoms. The number of piperidine rings is 1. The molecule has 104 valence electrons. The monoisotopic (exact) mass is 278 g/mol. The molecule has 1 saturated heterocycles. The first-order valence-electron chi connectivity index (χ1n) is 6.91. The highest BCUT2D eigenvalue weighted by atomic mass is 32.1. The Labute approximate surface area is 120 Å². The second kappa shape index (κ2) is 6.96. The van der Waals surface area contributed by atoms with Gasteiger partial charge in [0.15, 0.2) is 0 Å². The third kappa shape index (κ3) is 4.25. The van der Waals surface area contributed by atoms with Gasteiger partial charge in [-0.05, 0) is 57.5 Å². The van der Waals surface area contributed by atoms with Gasteiger partial charge < -0.3 is 10.2 Å². The molecule has 1 amide bonds. The summed E-state index contributed by atoms with van der Waals surface area (Å²) in [6, 6.07) is 7.41. The second-order valence-corrected chi connectivity index (χ2v) is 5.79. The molecule has 1 aromatic carbocycles. The van der Waals surface area contributed by atoms with E-state index < -0.39 is 0 Å². The summed E-state index contributed by atoms with van der Waals surface area (Å²) >= 11 is 4.30. The molecule has 4 heteroatoms. The number of thiol groups is 1. The van der Waals surface area contributed by atoms with E-state index in [0.717, 1.165) is 23.8 Å². The van der Waals surface area contributed by atoms with Gasteiger partial charge in [-0.3, -0.25) is 4.79 Å². The van der Waals surface area contributed by atoms with Crippen molar-refractivity contribution in [3.8, 4) is 0 Å². The molecule has 0 unspecified atom stereocenters. The average molecular weight is 278 g/mol. The molecule has 1 N–H and O–H groups in total. The van der Waals surface area contributed by atoms with Crippen LogP contribution in [0.4, 0.5) is 0 Å². The van der Waals surface area contributed by atoms with Crippen molar-refractivity contribution in [1.29, 1.82) is 0 Å². The van der Waals surface area contributed by atoms with Crippen LogP contribution < -0.4 is 5.32 Å². The average Bonchev–Trinajstić information content (AvgIpc) is 2.41. The standard InChI is InChI=1S/C15H22N2OS/c1-17-10-7-12(8-11-17)6-9-16-15(18)13-4-2-3-5-14(13)19/h2-5,12,19H,6-11H2,1H3,(H,16,18). The maximum atomic E-state index is 12.0. The first-order chi connectivity index (χ1) is 9.16. The molecule has 0 aliphatic carbocycles. The Balaban J connectivity index is 1.74. The number of nitrogens with one attached hydrogen (secondary N) is 1. The van der Waals surface area contributed by atoms with Gasteiger partial charge in [0.25, 0.3) is 5.91 Å². The predicted octanol–water partition coefficient (Wildman–Crippen LogP) is 2.44. The van der Waals surface area contributed by atoms with Gasteiger partial charge in [-0.25, -0.2) is 0 Å². The van der Waals surface area contributed by atoms with Crippen LogP contribution in [0.1, 0.15) is 29.6 Å². The topological polar surface area (TPSA) is 32.3 Å². The molecular formula is C15H22N2OS. The fourth-order valence-corrected chi connectivity index (χ4v) is 2.76. The molecule has 1 fully saturated rings. The van der Waals surface area contributed by atoms with E-state index in [2.05, 4.69) is 29.9 Å². The van der Waals surface area contributed by atoms with Crippen molar-refractivity contribution in [2.75, 3.05) is 26.7 Å². The van der Waals surface area contributed by atoms with E-state index >= 15 is 0 Å². The van der Waals surface area contributed by atoms with E-state index in [0.29, 0.717) is 5.56 Å². The van der Waals surface area contributed by atoms with E-state index in [9.17, 15) is 4.79 Å². The molecule has 0 aromatic heterocycles. The minimum absolute atomic E-state index is 0.0153. The summed E-state index contributed by atoms with van der Waals surface area (Å²) in [5.74, 6) is 0.737. The Bertz CT molecular complexity index is 428. The van der Waals surface area contributed by atoms with Gasteiger partial charge >= 0.3 is 0 Å². The summed E-state index contributed by atoms with van der Waals surface area (Å²) < 4.78 is 0. The Morgan fingerprint density at radius 2 is 2.05 bits per heavy atom. The largest absolute Gasteiger partial charge is 0.352 e. The summed E-state index contributed by atoms with van der Waals surface area (Å²) in [6.07, 6.45) is 3.57. The number of likely N-dealkylation sites (tertiary alicyclic amines) is 1. The number of carbonyl (C=O) groups excluding carboxylic acids is 1. The molecule has 0 atom stereocenters. The Morgan fingerprint density at radius 1 is 1.37 bits per heavy atom. The quantitative estimate of drug-likeness (QED) is 0.829. The Morgan fingerprint density at radius 3 is 2.74 bits per heavy atom. The lowest BCUT2D eigenvalue weighted by Gasteiger charge is -2.28. The fraction of sp³-hybridized carbons (Fsp3) is 0.533. The lowest BCUT2D eigenvalue weighted by molar-refractivity contribution is 0.0946. The number of rotatable bonds is 4. The highest BCUT2D eigenvalue weighted by molar-refractivity contribution is 7.80. The minimum atomic E-state index is -0.0153. The van der Waals surface area contributed by atoms with Crippen molar-refractivity contribution < 1.29 is 4.79 Å². The van der Waals surface area contributed by atoms with Crippen LogP contribution in [-0.4, -0.2) is 37.5 Å². The van der Waals surface area contributed by atoms with Gasteiger partial charge in [-0.1, -0.05) is 12.1 Å². The van der Waals surface area contributed by atoms with Crippen LogP contribution in [0.25, 0.3) is 0 Å². The molecule has 2 rings (SSSR count). The summed E-state index contributed by atoms with van der Waals surface area (Å²) in [4.78, 5) is 15.1. The molecule has 3 nitrogen and oxygen atoms in total. The van der Waals surface area contributed by atoms with Crippen LogP contribution in [0.5, 0.6) is 0 Å². The smallest absolute Gasteiger partial charge is 0.252 e. The number of amides is 1. The summed E-state index contributed by atoms with van der Waals surface area (Å²) in [6.45, 7) is 3.12. The zero-order valence-electron chi connectivity index (χ0n) is 11.4. The minimum Gasteiger partial charge on any atom is -0.352 e. The molecule has 0 saturated carbocycles. The summed E-state index contributed by atoms with van der Waals surface area (Å²) in [5, 5.41) is 3.00. The molecule has 0 spiro atoms. The molecule has 1 aromatic rings. The summed E-state index contributed by atoms with van der Waals surface area (Å²) in [7, 11) is 2.17. The number of hydrogen-bond donors (Lipinski definition) is 2. The molecule has 1 aliphatic heterocycles. The van der Waals surface area contributed by atoms with E-state index in [-0.39, 0.29) is 5.91 Å². The van der Waals surface area contributed by atoms with Crippen molar-refractivity contribution in [3.05, 3.63) is 29.8 Å². The van der Waals surface area contributed by atoms with Gasteiger partial charge in [0.05, 0.1) is 5.56 Å². The molecule has 1 aliphatic rings. The van der Waals surface area contributed by atoms with Crippen molar-refractivity contribution in [1.82, 2.24) is 10.2 Å². The third-order valence-electron chi connectivity index (χ3n) is 3.82. The fourth-order valence-electron chi connectivity index (χ4n) is 2.50. The Hall–Kier alpha value is -1.00. The van der Waals surface area contributed by atoms with Crippen molar-refractivity contribution in [2.24, 2.45) is 5.92 Å². The third-order valence-corrected chi connectivity index (χ3v) is 4.21. The highest BCUT2D eigenvalue weighted by Crippen LogP contribution is 2.19. The summed E-state index contributed by atoms with van der Waals surface area (Å²) in [5.41, 5.74) is 0.661. The maximum absolute atomic E-state index is 12.0. The highest BCUT2D eigenvalue weighted by Gasteiger charge is 2.16.